The average molecular weight is 491 g/mol. The molecule has 10 heteroatoms. The maximum absolute atomic E-state index is 12.9. The summed E-state index contributed by atoms with van der Waals surface area (Å²) >= 11 is 0. The molecular formula is C24H34N4O5S. The van der Waals surface area contributed by atoms with E-state index in [1.165, 1.54) is 4.90 Å². The number of carbonyl (C=O) groups is 3. The summed E-state index contributed by atoms with van der Waals surface area (Å²) in [5.74, 6) is -0.302. The molecule has 1 spiro atoms. The molecular weight excluding hydrogens is 456 g/mol. The summed E-state index contributed by atoms with van der Waals surface area (Å²) in [4.78, 5) is 41.3. The number of carbonyl (C=O) groups excluding carboxylic acids is 3. The average Bonchev–Trinajstić information content (AvgIpc) is 3.05. The van der Waals surface area contributed by atoms with Gasteiger partial charge in [-0.2, -0.15) is 0 Å². The van der Waals surface area contributed by atoms with Crippen molar-refractivity contribution >= 4 is 27.9 Å². The van der Waals surface area contributed by atoms with Crippen LogP contribution in [0.4, 0.5) is 4.79 Å². The molecule has 3 fully saturated rings. The Kier molecular flexibility index (Phi) is 7.28. The molecule has 3 aliphatic rings. The van der Waals surface area contributed by atoms with Gasteiger partial charge in [-0.3, -0.25) is 14.5 Å². The van der Waals surface area contributed by atoms with Crippen molar-refractivity contribution in [1.29, 1.82) is 0 Å². The molecule has 9 nitrogen and oxygen atoms in total. The molecule has 4 rings (SSSR count). The maximum atomic E-state index is 12.9. The Balaban J connectivity index is 1.27. The second kappa shape index (κ2) is 10.0. The highest BCUT2D eigenvalue weighted by atomic mass is 32.2. The third-order valence-corrected chi connectivity index (χ3v) is 8.71. The fraction of sp³-hybridized carbons (Fsp3) is 0.625. The maximum Gasteiger partial charge on any atom is 0.325 e. The number of nitrogens with zero attached hydrogens (tertiary/aromatic N) is 2. The van der Waals surface area contributed by atoms with E-state index in [-0.39, 0.29) is 42.1 Å². The second-order valence-corrected chi connectivity index (χ2v) is 11.6. The van der Waals surface area contributed by atoms with Crippen LogP contribution in [0, 0.1) is 12.8 Å². The fourth-order valence-electron chi connectivity index (χ4n) is 5.23. The van der Waals surface area contributed by atoms with Gasteiger partial charge in [0, 0.05) is 32.6 Å². The van der Waals surface area contributed by atoms with E-state index in [1.54, 1.807) is 29.2 Å². The highest BCUT2D eigenvalue weighted by Gasteiger charge is 2.51. The lowest BCUT2D eigenvalue weighted by molar-refractivity contribution is -0.135. The lowest BCUT2D eigenvalue weighted by Gasteiger charge is -2.33. The lowest BCUT2D eigenvalue weighted by atomic mass is 9.82. The van der Waals surface area contributed by atoms with Crippen LogP contribution in [0.15, 0.2) is 29.2 Å². The number of likely N-dealkylation sites (tertiary alicyclic amines) is 1. The van der Waals surface area contributed by atoms with Gasteiger partial charge in [0.1, 0.15) is 5.54 Å². The van der Waals surface area contributed by atoms with E-state index in [1.807, 2.05) is 6.92 Å². The summed E-state index contributed by atoms with van der Waals surface area (Å²) in [7, 11) is -3.60. The van der Waals surface area contributed by atoms with E-state index < -0.39 is 21.6 Å². The van der Waals surface area contributed by atoms with Crippen LogP contribution in [0.5, 0.6) is 0 Å². The van der Waals surface area contributed by atoms with Crippen LogP contribution in [0.25, 0.3) is 0 Å². The van der Waals surface area contributed by atoms with Crippen molar-refractivity contribution in [3.05, 3.63) is 29.8 Å². The molecule has 1 aromatic carbocycles. The predicted octanol–water partition coefficient (Wildman–Crippen LogP) is 2.16. The SMILES string of the molecule is Cc1ccc(S(=O)(=O)NCC2CCCN(C(=O)CCN3C(=O)NC4(CCCCC4)C3=O)C2)cc1. The minimum Gasteiger partial charge on any atom is -0.342 e. The third-order valence-electron chi connectivity index (χ3n) is 7.27. The summed E-state index contributed by atoms with van der Waals surface area (Å²) in [6.45, 7) is 3.29. The second-order valence-electron chi connectivity index (χ2n) is 9.79. The molecule has 1 saturated carbocycles. The molecule has 4 amide bonds. The van der Waals surface area contributed by atoms with Crippen LogP contribution in [-0.4, -0.2) is 67.8 Å². The molecule has 2 N–H and O–H groups in total. The van der Waals surface area contributed by atoms with E-state index in [0.29, 0.717) is 25.9 Å². The van der Waals surface area contributed by atoms with E-state index in [9.17, 15) is 22.8 Å². The normalized spacial score (nSPS) is 22.8. The molecule has 0 aromatic heterocycles. The molecule has 1 aliphatic carbocycles. The van der Waals surface area contributed by atoms with Crippen molar-refractivity contribution < 1.29 is 22.8 Å². The Morgan fingerprint density at radius 3 is 2.53 bits per heavy atom. The fourth-order valence-corrected chi connectivity index (χ4v) is 6.34. The molecule has 2 aliphatic heterocycles. The van der Waals surface area contributed by atoms with Gasteiger partial charge in [0.05, 0.1) is 4.90 Å². The monoisotopic (exact) mass is 490 g/mol. The molecule has 0 bridgehead atoms. The number of sulfonamides is 1. The number of benzene rings is 1. The highest BCUT2D eigenvalue weighted by molar-refractivity contribution is 7.89. The molecule has 2 saturated heterocycles. The number of imide groups is 1. The van der Waals surface area contributed by atoms with E-state index in [2.05, 4.69) is 10.0 Å². The first-order chi connectivity index (χ1) is 16.2. The zero-order valence-electron chi connectivity index (χ0n) is 19.7. The number of piperidine rings is 1. The first-order valence-electron chi connectivity index (χ1n) is 12.2. The van der Waals surface area contributed by atoms with Crippen LogP contribution >= 0.6 is 0 Å². The van der Waals surface area contributed by atoms with Crippen molar-refractivity contribution in [3.8, 4) is 0 Å². The molecule has 1 atom stereocenters. The smallest absolute Gasteiger partial charge is 0.325 e. The van der Waals surface area contributed by atoms with Gasteiger partial charge in [-0.25, -0.2) is 17.9 Å². The number of hydrogen-bond acceptors (Lipinski definition) is 5. The molecule has 186 valence electrons. The van der Waals surface area contributed by atoms with Gasteiger partial charge < -0.3 is 10.2 Å². The Labute approximate surface area is 201 Å². The van der Waals surface area contributed by atoms with Crippen molar-refractivity contribution in [1.82, 2.24) is 19.8 Å². The van der Waals surface area contributed by atoms with E-state index in [0.717, 1.165) is 37.7 Å². The van der Waals surface area contributed by atoms with Crippen LogP contribution in [0.1, 0.15) is 56.9 Å². The number of amides is 4. The summed E-state index contributed by atoms with van der Waals surface area (Å²) in [6, 6.07) is 6.29. The summed E-state index contributed by atoms with van der Waals surface area (Å²) in [6.07, 6.45) is 5.92. The minimum absolute atomic E-state index is 0.0140. The molecule has 0 radical (unpaired) electrons. The first kappa shape index (κ1) is 24.7. The Morgan fingerprint density at radius 1 is 1.12 bits per heavy atom. The first-order valence-corrected chi connectivity index (χ1v) is 13.7. The van der Waals surface area contributed by atoms with Crippen LogP contribution in [0.3, 0.4) is 0 Å². The lowest BCUT2D eigenvalue weighted by Crippen LogP contribution is -2.48. The molecule has 34 heavy (non-hydrogen) atoms. The van der Waals surface area contributed by atoms with Crippen molar-refractivity contribution in [2.24, 2.45) is 5.92 Å². The van der Waals surface area contributed by atoms with E-state index in [4.69, 9.17) is 0 Å². The largest absolute Gasteiger partial charge is 0.342 e. The number of urea groups is 1. The van der Waals surface area contributed by atoms with Gasteiger partial charge in [-0.1, -0.05) is 37.0 Å². The third kappa shape index (κ3) is 5.27. The van der Waals surface area contributed by atoms with Crippen molar-refractivity contribution in [2.75, 3.05) is 26.2 Å². The van der Waals surface area contributed by atoms with Crippen molar-refractivity contribution in [3.63, 3.8) is 0 Å². The number of nitrogens with one attached hydrogen (secondary N) is 2. The van der Waals surface area contributed by atoms with E-state index >= 15 is 0 Å². The Bertz CT molecular complexity index is 1030. The molecule has 1 aromatic rings. The summed E-state index contributed by atoms with van der Waals surface area (Å²) in [5.41, 5.74) is 0.214. The summed E-state index contributed by atoms with van der Waals surface area (Å²) < 4.78 is 27.8. The van der Waals surface area contributed by atoms with Gasteiger partial charge in [0.25, 0.3) is 5.91 Å². The Morgan fingerprint density at radius 2 is 1.82 bits per heavy atom. The van der Waals surface area contributed by atoms with Gasteiger partial charge in [-0.15, -0.1) is 0 Å². The number of hydrogen-bond donors (Lipinski definition) is 2. The van der Waals surface area contributed by atoms with Gasteiger partial charge in [0.2, 0.25) is 15.9 Å². The Hall–Kier alpha value is -2.46. The quantitative estimate of drug-likeness (QED) is 0.568. The summed E-state index contributed by atoms with van der Waals surface area (Å²) in [5, 5.41) is 2.87. The number of rotatable bonds is 7. The zero-order chi connectivity index (χ0) is 24.3. The zero-order valence-corrected chi connectivity index (χ0v) is 20.5. The van der Waals surface area contributed by atoms with Crippen molar-refractivity contribution in [2.45, 2.75) is 68.7 Å². The molecule has 1 unspecified atom stereocenters. The van der Waals surface area contributed by atoms with Gasteiger partial charge in [0.15, 0.2) is 0 Å². The van der Waals surface area contributed by atoms with Crippen LogP contribution < -0.4 is 10.0 Å². The highest BCUT2D eigenvalue weighted by Crippen LogP contribution is 2.33. The number of aryl methyl sites for hydroxylation is 1. The predicted molar refractivity (Wildman–Crippen MR) is 126 cm³/mol. The van der Waals surface area contributed by atoms with Crippen LogP contribution in [-0.2, 0) is 19.6 Å². The van der Waals surface area contributed by atoms with Gasteiger partial charge in [-0.05, 0) is 50.7 Å². The van der Waals surface area contributed by atoms with Gasteiger partial charge >= 0.3 is 6.03 Å². The molecule has 2 heterocycles. The van der Waals surface area contributed by atoms with Crippen LogP contribution in [0.2, 0.25) is 0 Å². The minimum atomic E-state index is -3.60. The standard InChI is InChI=1S/C24H34N4O5S/c1-18-7-9-20(10-8-18)34(32,33)25-16-19-6-5-14-27(17-19)21(29)11-15-28-22(30)24(26-23(28)31)12-3-2-4-13-24/h7-10,19,25H,2-6,11-17H2,1H3,(H,26,31). The topological polar surface area (TPSA) is 116 Å².